The first-order chi connectivity index (χ1) is 11.3. The van der Waals surface area contributed by atoms with Gasteiger partial charge in [-0.05, 0) is 42.7 Å². The first-order valence-corrected chi connectivity index (χ1v) is 9.01. The van der Waals surface area contributed by atoms with Crippen molar-refractivity contribution in [1.82, 2.24) is 4.98 Å². The summed E-state index contributed by atoms with van der Waals surface area (Å²) in [6.45, 7) is 5.63. The van der Waals surface area contributed by atoms with Crippen LogP contribution in [-0.4, -0.2) is 18.6 Å². The van der Waals surface area contributed by atoms with E-state index in [1.54, 1.807) is 0 Å². The molecule has 0 saturated carbocycles. The summed E-state index contributed by atoms with van der Waals surface area (Å²) in [6.07, 6.45) is 9.81. The number of aryl methyl sites for hydroxylation is 1. The molecule has 2 heterocycles. The first kappa shape index (κ1) is 17.5. The minimum atomic E-state index is 1.06. The lowest BCUT2D eigenvalue weighted by Gasteiger charge is -2.27. The fourth-order valence-electron chi connectivity index (χ4n) is 2.98. The largest absolute Gasteiger partial charge is 0.374 e. The lowest BCUT2D eigenvalue weighted by Crippen LogP contribution is -2.24. The molecule has 124 valence electrons. The summed E-state index contributed by atoms with van der Waals surface area (Å²) >= 11 is 0. The molecule has 2 aromatic rings. The van der Waals surface area contributed by atoms with Crippen LogP contribution in [0.25, 0.3) is 11.3 Å². The summed E-state index contributed by atoms with van der Waals surface area (Å²) in [6, 6.07) is 12.7. The van der Waals surface area contributed by atoms with Crippen molar-refractivity contribution >= 4 is 5.69 Å². The van der Waals surface area contributed by atoms with Crippen LogP contribution in [0.3, 0.4) is 0 Å². The third kappa shape index (κ3) is 5.09. The SMILES string of the molecule is CCCCCC.CN1CCCc2cc(-c3ccccn3)ccc21. The normalized spacial score (nSPS) is 13.1. The van der Waals surface area contributed by atoms with Gasteiger partial charge in [0, 0.05) is 31.0 Å². The van der Waals surface area contributed by atoms with Crippen LogP contribution in [0.5, 0.6) is 0 Å². The highest BCUT2D eigenvalue weighted by atomic mass is 15.1. The molecule has 0 saturated heterocycles. The van der Waals surface area contributed by atoms with Crippen molar-refractivity contribution in [3.05, 3.63) is 48.2 Å². The van der Waals surface area contributed by atoms with Crippen LogP contribution in [0, 0.1) is 0 Å². The highest BCUT2D eigenvalue weighted by Gasteiger charge is 2.14. The molecule has 2 nitrogen and oxygen atoms in total. The highest BCUT2D eigenvalue weighted by Crippen LogP contribution is 2.29. The van der Waals surface area contributed by atoms with Gasteiger partial charge >= 0.3 is 0 Å². The molecule has 1 aromatic carbocycles. The molecule has 0 unspecified atom stereocenters. The monoisotopic (exact) mass is 310 g/mol. The second-order valence-electron chi connectivity index (χ2n) is 6.29. The molecule has 1 aliphatic heterocycles. The Hall–Kier alpha value is -1.83. The number of unbranched alkanes of at least 4 members (excludes halogenated alkanes) is 3. The number of fused-ring (bicyclic) bond motifs is 1. The molecule has 1 aliphatic rings. The standard InChI is InChI=1S/C15H16N2.C6H14/c1-17-10-4-5-13-11-12(7-8-15(13)17)14-6-2-3-9-16-14;1-3-5-6-4-2/h2-3,6-9,11H,4-5,10H2,1H3;3-6H2,1-2H3. The van der Waals surface area contributed by atoms with E-state index < -0.39 is 0 Å². The Balaban J connectivity index is 0.000000277. The number of nitrogens with zero attached hydrogens (tertiary/aromatic N) is 2. The number of hydrogen-bond acceptors (Lipinski definition) is 2. The Morgan fingerprint density at radius 2 is 1.83 bits per heavy atom. The van der Waals surface area contributed by atoms with Crippen LogP contribution in [-0.2, 0) is 6.42 Å². The van der Waals surface area contributed by atoms with Crippen molar-refractivity contribution in [2.24, 2.45) is 0 Å². The topological polar surface area (TPSA) is 16.1 Å². The molecule has 0 N–H and O–H groups in total. The smallest absolute Gasteiger partial charge is 0.0702 e. The molecule has 23 heavy (non-hydrogen) atoms. The van der Waals surface area contributed by atoms with Gasteiger partial charge in [0.2, 0.25) is 0 Å². The van der Waals surface area contributed by atoms with Gasteiger partial charge in [0.25, 0.3) is 0 Å². The Morgan fingerprint density at radius 3 is 2.48 bits per heavy atom. The van der Waals surface area contributed by atoms with Crippen LogP contribution in [0.15, 0.2) is 42.6 Å². The molecule has 0 bridgehead atoms. The van der Waals surface area contributed by atoms with Gasteiger partial charge < -0.3 is 4.90 Å². The van der Waals surface area contributed by atoms with Crippen LogP contribution >= 0.6 is 0 Å². The van der Waals surface area contributed by atoms with Gasteiger partial charge in [0.05, 0.1) is 5.69 Å². The van der Waals surface area contributed by atoms with Crippen LogP contribution < -0.4 is 4.90 Å². The van der Waals surface area contributed by atoms with Gasteiger partial charge in [-0.1, -0.05) is 51.7 Å². The molecule has 0 radical (unpaired) electrons. The Bertz CT molecular complexity index is 574. The predicted octanol–water partition coefficient (Wildman–Crippen LogP) is 5.72. The maximum atomic E-state index is 4.40. The average Bonchev–Trinajstić information content (AvgIpc) is 2.61. The van der Waals surface area contributed by atoms with Gasteiger partial charge in [0.15, 0.2) is 0 Å². The lowest BCUT2D eigenvalue weighted by molar-refractivity contribution is 0.702. The van der Waals surface area contributed by atoms with Crippen molar-refractivity contribution < 1.29 is 0 Å². The van der Waals surface area contributed by atoms with Gasteiger partial charge in [-0.15, -0.1) is 0 Å². The third-order valence-corrected chi connectivity index (χ3v) is 4.35. The second kappa shape index (κ2) is 9.34. The number of aromatic nitrogens is 1. The van der Waals surface area contributed by atoms with Gasteiger partial charge in [-0.2, -0.15) is 0 Å². The third-order valence-electron chi connectivity index (χ3n) is 4.35. The summed E-state index contributed by atoms with van der Waals surface area (Å²) in [4.78, 5) is 6.74. The number of pyridine rings is 1. The van der Waals surface area contributed by atoms with Crippen molar-refractivity contribution in [2.75, 3.05) is 18.5 Å². The average molecular weight is 310 g/mol. The molecule has 2 heteroatoms. The fraction of sp³-hybridized carbons (Fsp3) is 0.476. The summed E-state index contributed by atoms with van der Waals surface area (Å²) in [5, 5.41) is 0. The van der Waals surface area contributed by atoms with Crippen molar-refractivity contribution in [2.45, 2.75) is 52.4 Å². The number of benzene rings is 1. The Morgan fingerprint density at radius 1 is 1.04 bits per heavy atom. The maximum Gasteiger partial charge on any atom is 0.0702 e. The molecular formula is C21H30N2. The number of anilines is 1. The van der Waals surface area contributed by atoms with E-state index in [2.05, 4.69) is 55.0 Å². The molecule has 0 amide bonds. The minimum Gasteiger partial charge on any atom is -0.374 e. The maximum absolute atomic E-state index is 4.40. The molecule has 0 atom stereocenters. The van der Waals surface area contributed by atoms with E-state index in [4.69, 9.17) is 0 Å². The van der Waals surface area contributed by atoms with Crippen LogP contribution in [0.4, 0.5) is 5.69 Å². The van der Waals surface area contributed by atoms with E-state index in [-0.39, 0.29) is 0 Å². The Kier molecular flexibility index (Phi) is 7.12. The van der Waals surface area contributed by atoms with Crippen LogP contribution in [0.1, 0.15) is 51.5 Å². The number of rotatable bonds is 4. The zero-order chi connectivity index (χ0) is 16.5. The minimum absolute atomic E-state index is 1.06. The lowest BCUT2D eigenvalue weighted by atomic mass is 9.98. The summed E-state index contributed by atoms with van der Waals surface area (Å²) in [5.74, 6) is 0. The molecule has 1 aromatic heterocycles. The zero-order valence-corrected chi connectivity index (χ0v) is 14.9. The molecular weight excluding hydrogens is 280 g/mol. The molecule has 0 spiro atoms. The first-order valence-electron chi connectivity index (χ1n) is 9.01. The van der Waals surface area contributed by atoms with Crippen molar-refractivity contribution in [3.8, 4) is 11.3 Å². The second-order valence-corrected chi connectivity index (χ2v) is 6.29. The van der Waals surface area contributed by atoms with Crippen LogP contribution in [0.2, 0.25) is 0 Å². The fourth-order valence-corrected chi connectivity index (χ4v) is 2.98. The number of hydrogen-bond donors (Lipinski definition) is 0. The van der Waals surface area contributed by atoms with Gasteiger partial charge in [0.1, 0.15) is 0 Å². The molecule has 3 rings (SSSR count). The van der Waals surface area contributed by atoms with E-state index in [0.717, 1.165) is 12.2 Å². The Labute approximate surface area is 141 Å². The highest BCUT2D eigenvalue weighted by molar-refractivity contribution is 5.67. The van der Waals surface area contributed by atoms with Crippen molar-refractivity contribution in [1.29, 1.82) is 0 Å². The summed E-state index contributed by atoms with van der Waals surface area (Å²) in [7, 11) is 2.17. The summed E-state index contributed by atoms with van der Waals surface area (Å²) in [5.41, 5.74) is 5.10. The van der Waals surface area contributed by atoms with Gasteiger partial charge in [-0.3, -0.25) is 4.98 Å². The van der Waals surface area contributed by atoms with E-state index in [9.17, 15) is 0 Å². The van der Waals surface area contributed by atoms with E-state index in [1.165, 1.54) is 55.3 Å². The predicted molar refractivity (Wildman–Crippen MR) is 101 cm³/mol. The van der Waals surface area contributed by atoms with Gasteiger partial charge in [-0.25, -0.2) is 0 Å². The molecule has 0 fully saturated rings. The quantitative estimate of drug-likeness (QED) is 0.672. The van der Waals surface area contributed by atoms with Crippen molar-refractivity contribution in [3.63, 3.8) is 0 Å². The molecule has 0 aliphatic carbocycles. The van der Waals surface area contributed by atoms with E-state index in [0.29, 0.717) is 0 Å². The zero-order valence-electron chi connectivity index (χ0n) is 14.9. The van der Waals surface area contributed by atoms with E-state index in [1.807, 2.05) is 18.3 Å². The summed E-state index contributed by atoms with van der Waals surface area (Å²) < 4.78 is 0. The van der Waals surface area contributed by atoms with E-state index >= 15 is 0 Å².